The van der Waals surface area contributed by atoms with E-state index in [-0.39, 0.29) is 38.4 Å². The molecule has 0 aliphatic heterocycles. The molecule has 6 nitrogen and oxygen atoms in total. The predicted octanol–water partition coefficient (Wildman–Crippen LogP) is 1.47. The largest absolute Gasteiger partial charge is 0.395 e. The lowest BCUT2D eigenvalue weighted by Gasteiger charge is -2.34. The summed E-state index contributed by atoms with van der Waals surface area (Å²) < 4.78 is 0. The van der Waals surface area contributed by atoms with Crippen molar-refractivity contribution in [3.05, 3.63) is 71.8 Å². The van der Waals surface area contributed by atoms with Gasteiger partial charge in [0.15, 0.2) is 0 Å². The Balaban J connectivity index is 2.01. The molecule has 0 spiro atoms. The maximum atomic E-state index is 10.7. The van der Waals surface area contributed by atoms with Crippen molar-refractivity contribution in [1.82, 2.24) is 9.80 Å². The van der Waals surface area contributed by atoms with Crippen molar-refractivity contribution in [1.29, 1.82) is 0 Å². The molecule has 2 rings (SSSR count). The van der Waals surface area contributed by atoms with Crippen LogP contribution in [0.2, 0.25) is 0 Å². The molecule has 0 amide bonds. The minimum absolute atomic E-state index is 0.0304. The van der Waals surface area contributed by atoms with Crippen LogP contribution in [0.25, 0.3) is 0 Å². The Morgan fingerprint density at radius 3 is 1.27 bits per heavy atom. The Morgan fingerprint density at radius 2 is 0.967 bits per heavy atom. The van der Waals surface area contributed by atoms with Crippen LogP contribution in [-0.2, 0) is 13.1 Å². The highest BCUT2D eigenvalue weighted by Crippen LogP contribution is 2.13. The first-order valence-corrected chi connectivity index (χ1v) is 10.6. The van der Waals surface area contributed by atoms with Gasteiger partial charge in [-0.25, -0.2) is 0 Å². The van der Waals surface area contributed by atoms with E-state index in [9.17, 15) is 20.4 Å². The topological polar surface area (TPSA) is 87.4 Å². The number of aliphatic hydroxyl groups excluding tert-OH is 4. The van der Waals surface area contributed by atoms with Gasteiger partial charge in [-0.3, -0.25) is 9.80 Å². The lowest BCUT2D eigenvalue weighted by Crippen LogP contribution is -2.49. The van der Waals surface area contributed by atoms with Gasteiger partial charge < -0.3 is 20.4 Å². The van der Waals surface area contributed by atoms with Gasteiger partial charge in [0.1, 0.15) is 0 Å². The van der Waals surface area contributed by atoms with Crippen molar-refractivity contribution >= 4 is 0 Å². The van der Waals surface area contributed by atoms with Crippen molar-refractivity contribution in [2.45, 2.75) is 51.2 Å². The summed E-state index contributed by atoms with van der Waals surface area (Å²) in [4.78, 5) is 3.94. The normalized spacial score (nSPS) is 15.9. The fourth-order valence-corrected chi connectivity index (χ4v) is 3.39. The Morgan fingerprint density at radius 1 is 0.633 bits per heavy atom. The van der Waals surface area contributed by atoms with Crippen molar-refractivity contribution in [2.75, 3.05) is 26.3 Å². The van der Waals surface area contributed by atoms with E-state index in [2.05, 4.69) is 0 Å². The number of aliphatic hydroxyl groups is 4. The second-order valence-electron chi connectivity index (χ2n) is 8.03. The average Bonchev–Trinajstić information content (AvgIpc) is 2.78. The summed E-state index contributed by atoms with van der Waals surface area (Å²) in [5.41, 5.74) is 2.16. The zero-order chi connectivity index (χ0) is 21.9. The zero-order valence-corrected chi connectivity index (χ0v) is 18.0. The van der Waals surface area contributed by atoms with E-state index < -0.39 is 12.2 Å². The standard InChI is InChI=1S/C24H36N2O4/c1-19(17-27)25(13-21-9-5-3-6-10-21)15-23(29)24(30)16-26(20(2)18-28)14-22-11-7-4-8-12-22/h3-12,19-20,23-24,27-30H,13-18H2,1-2H3/t19-,20-,23-,24-/m0/s1. The Kier molecular flexibility index (Phi) is 10.4. The van der Waals surface area contributed by atoms with Gasteiger partial charge in [0, 0.05) is 38.3 Å². The fourth-order valence-electron chi connectivity index (χ4n) is 3.39. The molecule has 0 radical (unpaired) electrons. The molecule has 0 bridgehead atoms. The lowest BCUT2D eigenvalue weighted by molar-refractivity contribution is -0.0391. The van der Waals surface area contributed by atoms with Gasteiger partial charge in [-0.2, -0.15) is 0 Å². The van der Waals surface area contributed by atoms with Gasteiger partial charge in [-0.15, -0.1) is 0 Å². The van der Waals surface area contributed by atoms with Crippen LogP contribution in [0.15, 0.2) is 60.7 Å². The van der Waals surface area contributed by atoms with Crippen LogP contribution in [0, 0.1) is 0 Å². The summed E-state index contributed by atoms with van der Waals surface area (Å²) in [6, 6.07) is 19.5. The van der Waals surface area contributed by atoms with Crippen LogP contribution >= 0.6 is 0 Å². The molecular formula is C24H36N2O4. The molecule has 0 aliphatic carbocycles. The molecule has 166 valence electrons. The van der Waals surface area contributed by atoms with Crippen LogP contribution in [0.5, 0.6) is 0 Å². The molecule has 0 heterocycles. The summed E-state index contributed by atoms with van der Waals surface area (Å²) in [6.45, 7) is 5.37. The quantitative estimate of drug-likeness (QED) is 0.396. The van der Waals surface area contributed by atoms with E-state index in [4.69, 9.17) is 0 Å². The third kappa shape index (κ3) is 7.80. The van der Waals surface area contributed by atoms with E-state index in [1.165, 1.54) is 0 Å². The summed E-state index contributed by atoms with van der Waals surface area (Å²) in [6.07, 6.45) is -1.96. The first-order valence-electron chi connectivity index (χ1n) is 10.6. The summed E-state index contributed by atoms with van der Waals surface area (Å²) in [5.74, 6) is 0. The highest BCUT2D eigenvalue weighted by Gasteiger charge is 2.26. The summed E-state index contributed by atoms with van der Waals surface area (Å²) >= 11 is 0. The van der Waals surface area contributed by atoms with E-state index in [0.29, 0.717) is 13.1 Å². The van der Waals surface area contributed by atoms with Crippen LogP contribution < -0.4 is 0 Å². The van der Waals surface area contributed by atoms with Gasteiger partial charge in [-0.05, 0) is 25.0 Å². The third-order valence-electron chi connectivity index (χ3n) is 5.52. The zero-order valence-electron chi connectivity index (χ0n) is 18.0. The molecule has 0 unspecified atom stereocenters. The predicted molar refractivity (Wildman–Crippen MR) is 119 cm³/mol. The van der Waals surface area contributed by atoms with Gasteiger partial charge in [0.2, 0.25) is 0 Å². The molecular weight excluding hydrogens is 380 g/mol. The minimum atomic E-state index is -0.980. The SMILES string of the molecule is C[C@@H](CO)N(Cc1ccccc1)C[C@H](O)[C@@H](O)CN(Cc1ccccc1)[C@@H](C)CO. The van der Waals surface area contributed by atoms with Crippen LogP contribution in [0.4, 0.5) is 0 Å². The molecule has 2 aromatic rings. The van der Waals surface area contributed by atoms with Gasteiger partial charge in [0.25, 0.3) is 0 Å². The van der Waals surface area contributed by atoms with Crippen molar-refractivity contribution < 1.29 is 20.4 Å². The molecule has 30 heavy (non-hydrogen) atoms. The molecule has 2 aromatic carbocycles. The summed E-state index contributed by atoms with van der Waals surface area (Å²) in [5, 5.41) is 40.7. The fraction of sp³-hybridized carbons (Fsp3) is 0.500. The Labute approximate surface area is 180 Å². The maximum Gasteiger partial charge on any atom is 0.0938 e. The number of rotatable bonds is 13. The third-order valence-corrected chi connectivity index (χ3v) is 5.52. The first-order chi connectivity index (χ1) is 14.4. The molecule has 0 aliphatic rings. The molecule has 0 saturated heterocycles. The van der Waals surface area contributed by atoms with Gasteiger partial charge in [0.05, 0.1) is 25.4 Å². The number of hydrogen-bond acceptors (Lipinski definition) is 6. The van der Waals surface area contributed by atoms with Crippen molar-refractivity contribution in [3.8, 4) is 0 Å². The summed E-state index contributed by atoms with van der Waals surface area (Å²) in [7, 11) is 0. The number of nitrogens with zero attached hydrogens (tertiary/aromatic N) is 2. The van der Waals surface area contributed by atoms with E-state index in [1.54, 1.807) is 0 Å². The van der Waals surface area contributed by atoms with Crippen LogP contribution in [-0.4, -0.2) is 80.8 Å². The smallest absolute Gasteiger partial charge is 0.0938 e. The second-order valence-corrected chi connectivity index (χ2v) is 8.03. The van der Waals surface area contributed by atoms with Crippen LogP contribution in [0.3, 0.4) is 0 Å². The van der Waals surface area contributed by atoms with E-state index in [1.807, 2.05) is 84.3 Å². The average molecular weight is 417 g/mol. The van der Waals surface area contributed by atoms with Crippen LogP contribution in [0.1, 0.15) is 25.0 Å². The minimum Gasteiger partial charge on any atom is -0.395 e. The lowest BCUT2D eigenvalue weighted by atomic mass is 10.1. The van der Waals surface area contributed by atoms with Gasteiger partial charge in [-0.1, -0.05) is 60.7 Å². The monoisotopic (exact) mass is 416 g/mol. The molecule has 0 aromatic heterocycles. The molecule has 4 N–H and O–H groups in total. The van der Waals surface area contributed by atoms with Crippen molar-refractivity contribution in [3.63, 3.8) is 0 Å². The van der Waals surface area contributed by atoms with E-state index in [0.717, 1.165) is 11.1 Å². The number of hydrogen-bond donors (Lipinski definition) is 4. The molecule has 4 atom stereocenters. The van der Waals surface area contributed by atoms with Crippen molar-refractivity contribution in [2.24, 2.45) is 0 Å². The highest BCUT2D eigenvalue weighted by atomic mass is 16.3. The molecule has 6 heteroatoms. The second kappa shape index (κ2) is 12.8. The Bertz CT molecular complexity index is 639. The number of benzene rings is 2. The first kappa shape index (κ1) is 24.5. The molecule has 0 fully saturated rings. The maximum absolute atomic E-state index is 10.7. The van der Waals surface area contributed by atoms with Gasteiger partial charge >= 0.3 is 0 Å². The Hall–Kier alpha value is -1.80. The molecule has 0 saturated carbocycles. The highest BCUT2D eigenvalue weighted by molar-refractivity contribution is 5.15. The van der Waals surface area contributed by atoms with E-state index >= 15 is 0 Å².